The van der Waals surface area contributed by atoms with Gasteiger partial charge < -0.3 is 9.64 Å². The third kappa shape index (κ3) is 2.21. The molecule has 2 saturated heterocycles. The number of hydrogen-bond acceptors (Lipinski definition) is 3. The number of allylic oxidation sites excluding steroid dienone is 3. The Labute approximate surface area is 104 Å². The summed E-state index contributed by atoms with van der Waals surface area (Å²) in [6, 6.07) is 0.787. The van der Waals surface area contributed by atoms with Crippen molar-refractivity contribution in [1.29, 1.82) is 0 Å². The number of nitrogens with zero attached hydrogens (tertiary/aromatic N) is 2. The molecule has 0 bridgehead atoms. The molecule has 0 aromatic carbocycles. The molecule has 0 saturated carbocycles. The van der Waals surface area contributed by atoms with E-state index in [4.69, 9.17) is 4.74 Å². The third-order valence-electron chi connectivity index (χ3n) is 4.12. The minimum atomic E-state index is 0.787. The average molecular weight is 233 g/mol. The van der Waals surface area contributed by atoms with Gasteiger partial charge in [-0.1, -0.05) is 6.08 Å². The summed E-state index contributed by atoms with van der Waals surface area (Å²) in [7, 11) is 1.75. The van der Waals surface area contributed by atoms with Crippen LogP contribution in [0.4, 0.5) is 0 Å². The van der Waals surface area contributed by atoms with E-state index in [-0.39, 0.29) is 0 Å². The van der Waals surface area contributed by atoms with Crippen LogP contribution in [-0.2, 0) is 4.74 Å². The first kappa shape index (κ1) is 11.1. The van der Waals surface area contributed by atoms with E-state index in [1.165, 1.54) is 38.2 Å². The first-order valence-electron chi connectivity index (χ1n) is 6.65. The van der Waals surface area contributed by atoms with Crippen LogP contribution in [0, 0.1) is 6.42 Å². The largest absolute Gasteiger partial charge is 0.501 e. The van der Waals surface area contributed by atoms with Crippen molar-refractivity contribution in [3.8, 4) is 0 Å². The molecule has 1 atom stereocenters. The van der Waals surface area contributed by atoms with Crippen molar-refractivity contribution in [3.05, 3.63) is 30.0 Å². The van der Waals surface area contributed by atoms with Gasteiger partial charge in [-0.05, 0) is 31.9 Å². The van der Waals surface area contributed by atoms with Crippen molar-refractivity contribution in [3.63, 3.8) is 0 Å². The van der Waals surface area contributed by atoms with Gasteiger partial charge in [-0.3, -0.25) is 4.90 Å². The summed E-state index contributed by atoms with van der Waals surface area (Å²) in [4.78, 5) is 5.17. The third-order valence-corrected chi connectivity index (χ3v) is 4.12. The second kappa shape index (κ2) is 4.73. The van der Waals surface area contributed by atoms with Gasteiger partial charge in [-0.15, -0.1) is 0 Å². The fourth-order valence-electron chi connectivity index (χ4n) is 3.15. The molecule has 0 N–H and O–H groups in total. The Balaban J connectivity index is 1.69. The maximum Gasteiger partial charge on any atom is 0.102 e. The van der Waals surface area contributed by atoms with Crippen molar-refractivity contribution in [2.75, 3.05) is 33.3 Å². The topological polar surface area (TPSA) is 15.7 Å². The summed E-state index contributed by atoms with van der Waals surface area (Å²) in [5.74, 6) is 1.01. The van der Waals surface area contributed by atoms with Crippen LogP contribution in [0.2, 0.25) is 0 Å². The summed E-state index contributed by atoms with van der Waals surface area (Å²) in [5, 5.41) is 0. The molecule has 2 aliphatic heterocycles. The Kier molecular flexibility index (Phi) is 3.10. The van der Waals surface area contributed by atoms with E-state index >= 15 is 0 Å². The minimum Gasteiger partial charge on any atom is -0.501 e. The van der Waals surface area contributed by atoms with Gasteiger partial charge in [-0.2, -0.15) is 0 Å². The molecule has 0 spiro atoms. The van der Waals surface area contributed by atoms with Crippen molar-refractivity contribution in [1.82, 2.24) is 9.80 Å². The van der Waals surface area contributed by atoms with E-state index in [9.17, 15) is 0 Å². The Morgan fingerprint density at radius 1 is 1.29 bits per heavy atom. The van der Waals surface area contributed by atoms with Crippen molar-refractivity contribution < 1.29 is 4.74 Å². The van der Waals surface area contributed by atoms with Crippen LogP contribution >= 0.6 is 0 Å². The lowest BCUT2D eigenvalue weighted by Crippen LogP contribution is -2.49. The summed E-state index contributed by atoms with van der Waals surface area (Å²) < 4.78 is 5.33. The Bertz CT molecular complexity index is 348. The highest BCUT2D eigenvalue weighted by Gasteiger charge is 2.31. The van der Waals surface area contributed by atoms with Gasteiger partial charge in [0.2, 0.25) is 0 Å². The van der Waals surface area contributed by atoms with Crippen molar-refractivity contribution >= 4 is 0 Å². The van der Waals surface area contributed by atoms with E-state index in [1.807, 2.05) is 0 Å². The summed E-state index contributed by atoms with van der Waals surface area (Å²) in [6.45, 7) is 4.89. The summed E-state index contributed by atoms with van der Waals surface area (Å²) in [6.07, 6.45) is 10.4. The van der Waals surface area contributed by atoms with Crippen LogP contribution in [0.25, 0.3) is 0 Å². The first-order valence-corrected chi connectivity index (χ1v) is 6.65. The average Bonchev–Trinajstić information content (AvgIpc) is 2.86. The monoisotopic (exact) mass is 233 g/mol. The second-order valence-corrected chi connectivity index (χ2v) is 5.10. The molecule has 1 radical (unpaired) electrons. The summed E-state index contributed by atoms with van der Waals surface area (Å²) >= 11 is 0. The molecular formula is C14H21N2O. The molecule has 2 fully saturated rings. The minimum absolute atomic E-state index is 0.787. The fraction of sp³-hybridized carbons (Fsp3) is 0.643. The predicted octanol–water partition coefficient (Wildman–Crippen LogP) is 1.79. The van der Waals surface area contributed by atoms with Crippen LogP contribution < -0.4 is 0 Å². The highest BCUT2D eigenvalue weighted by atomic mass is 16.5. The zero-order chi connectivity index (χ0) is 11.7. The van der Waals surface area contributed by atoms with Gasteiger partial charge in [-0.25, -0.2) is 0 Å². The Morgan fingerprint density at radius 2 is 2.24 bits per heavy atom. The van der Waals surface area contributed by atoms with Gasteiger partial charge in [0.05, 0.1) is 7.11 Å². The molecule has 1 unspecified atom stereocenters. The summed E-state index contributed by atoms with van der Waals surface area (Å²) in [5.41, 5.74) is 1.36. The molecule has 2 heterocycles. The lowest BCUT2D eigenvalue weighted by Gasteiger charge is -2.39. The van der Waals surface area contributed by atoms with E-state index in [0.717, 1.165) is 24.8 Å². The fourth-order valence-corrected chi connectivity index (χ4v) is 3.15. The number of piperazine rings is 1. The zero-order valence-corrected chi connectivity index (χ0v) is 10.6. The highest BCUT2D eigenvalue weighted by Crippen LogP contribution is 2.26. The predicted molar refractivity (Wildman–Crippen MR) is 68.3 cm³/mol. The SMILES string of the molecule is COC1=CC(N2CCN3CCCC3C2)=CC[CH]1. The van der Waals surface area contributed by atoms with Gasteiger partial charge >= 0.3 is 0 Å². The maximum absolute atomic E-state index is 5.33. The molecule has 17 heavy (non-hydrogen) atoms. The van der Waals surface area contributed by atoms with Gasteiger partial charge in [0.1, 0.15) is 5.76 Å². The standard InChI is InChI=1S/C14H21N2O/c1-17-14-6-2-4-12(10-14)16-9-8-15-7-3-5-13(15)11-16/h4,6,10,13H,2-3,5,7-9,11H2,1H3. The maximum atomic E-state index is 5.33. The lowest BCUT2D eigenvalue weighted by atomic mass is 10.1. The van der Waals surface area contributed by atoms with Crippen LogP contribution in [-0.4, -0.2) is 49.1 Å². The molecule has 1 aliphatic carbocycles. The van der Waals surface area contributed by atoms with Crippen LogP contribution in [0.3, 0.4) is 0 Å². The number of methoxy groups -OCH3 is 1. The zero-order valence-electron chi connectivity index (χ0n) is 10.6. The molecule has 3 heteroatoms. The van der Waals surface area contributed by atoms with E-state index < -0.39 is 0 Å². The molecule has 3 aliphatic rings. The smallest absolute Gasteiger partial charge is 0.102 e. The van der Waals surface area contributed by atoms with Crippen LogP contribution in [0.15, 0.2) is 23.6 Å². The highest BCUT2D eigenvalue weighted by molar-refractivity contribution is 5.30. The Hall–Kier alpha value is -0.960. The van der Waals surface area contributed by atoms with Crippen LogP contribution in [0.1, 0.15) is 19.3 Å². The van der Waals surface area contributed by atoms with Crippen molar-refractivity contribution in [2.24, 2.45) is 0 Å². The molecular weight excluding hydrogens is 212 g/mol. The van der Waals surface area contributed by atoms with Gasteiger partial charge in [0, 0.05) is 37.8 Å². The number of ether oxygens (including phenoxy) is 1. The van der Waals surface area contributed by atoms with Crippen molar-refractivity contribution in [2.45, 2.75) is 25.3 Å². The molecule has 0 amide bonds. The number of hydrogen-bond donors (Lipinski definition) is 0. The van der Waals surface area contributed by atoms with E-state index in [1.54, 1.807) is 7.11 Å². The second-order valence-electron chi connectivity index (χ2n) is 5.10. The van der Waals surface area contributed by atoms with E-state index in [0.29, 0.717) is 0 Å². The molecule has 0 aromatic rings. The molecule has 3 rings (SSSR count). The van der Waals surface area contributed by atoms with E-state index in [2.05, 4.69) is 28.4 Å². The molecule has 3 nitrogen and oxygen atoms in total. The normalized spacial score (nSPS) is 29.7. The quantitative estimate of drug-likeness (QED) is 0.723. The molecule has 93 valence electrons. The first-order chi connectivity index (χ1) is 8.36. The van der Waals surface area contributed by atoms with Crippen LogP contribution in [0.5, 0.6) is 0 Å². The Morgan fingerprint density at radius 3 is 3.12 bits per heavy atom. The van der Waals surface area contributed by atoms with Gasteiger partial charge in [0.25, 0.3) is 0 Å². The number of rotatable bonds is 2. The molecule has 0 aromatic heterocycles. The number of fused-ring (bicyclic) bond motifs is 1. The van der Waals surface area contributed by atoms with Gasteiger partial charge in [0.15, 0.2) is 0 Å². The lowest BCUT2D eigenvalue weighted by molar-refractivity contribution is 0.131.